The highest BCUT2D eigenvalue weighted by Crippen LogP contribution is 2.33. The summed E-state index contributed by atoms with van der Waals surface area (Å²) in [7, 11) is 0. The molecule has 0 fully saturated rings. The van der Waals surface area contributed by atoms with Crippen LogP contribution in [0.3, 0.4) is 0 Å². The van der Waals surface area contributed by atoms with E-state index in [0.29, 0.717) is 27.0 Å². The zero-order chi connectivity index (χ0) is 20.7. The average Bonchev–Trinajstić information content (AvgIpc) is 2.62. The lowest BCUT2D eigenvalue weighted by atomic mass is 10.1. The van der Waals surface area contributed by atoms with E-state index in [0.717, 1.165) is 0 Å². The van der Waals surface area contributed by atoms with Gasteiger partial charge in [0, 0.05) is 12.1 Å². The van der Waals surface area contributed by atoms with Gasteiger partial charge in [0.15, 0.2) is 0 Å². The van der Waals surface area contributed by atoms with Crippen LogP contribution >= 0.6 is 23.2 Å². The number of nitrogens with one attached hydrogen (secondary N) is 2. The van der Waals surface area contributed by atoms with Crippen LogP contribution in [0.15, 0.2) is 42.5 Å². The average molecular weight is 424 g/mol. The molecule has 0 bridgehead atoms. The summed E-state index contributed by atoms with van der Waals surface area (Å²) >= 11 is 12.3. The maximum atomic E-state index is 12.3. The van der Waals surface area contributed by atoms with Crippen molar-refractivity contribution in [1.82, 2.24) is 5.32 Å². The number of hydrogen-bond donors (Lipinski definition) is 4. The van der Waals surface area contributed by atoms with Gasteiger partial charge in [-0.3, -0.25) is 9.59 Å². The first-order valence-electron chi connectivity index (χ1n) is 8.37. The number of rotatable bonds is 9. The Balaban J connectivity index is 2.13. The van der Waals surface area contributed by atoms with E-state index in [4.69, 9.17) is 28.9 Å². The zero-order valence-electron chi connectivity index (χ0n) is 14.7. The molecular weight excluding hydrogens is 405 g/mol. The monoisotopic (exact) mass is 423 g/mol. The van der Waals surface area contributed by atoms with Crippen LogP contribution in [0.1, 0.15) is 18.4 Å². The third-order valence-electron chi connectivity index (χ3n) is 3.90. The van der Waals surface area contributed by atoms with Crippen molar-refractivity contribution >= 4 is 52.4 Å². The summed E-state index contributed by atoms with van der Waals surface area (Å²) in [5, 5.41) is 15.6. The summed E-state index contributed by atoms with van der Waals surface area (Å²) < 4.78 is 0. The first kappa shape index (κ1) is 21.5. The van der Waals surface area contributed by atoms with Crippen LogP contribution < -0.4 is 16.4 Å². The number of aliphatic carboxylic acids is 1. The maximum Gasteiger partial charge on any atom is 0.326 e. The molecule has 5 N–H and O–H groups in total. The van der Waals surface area contributed by atoms with Crippen molar-refractivity contribution in [2.45, 2.75) is 25.3 Å². The van der Waals surface area contributed by atoms with E-state index in [9.17, 15) is 19.5 Å². The highest BCUT2D eigenvalue weighted by Gasteiger charge is 2.21. The number of nitrogens with two attached hydrogens (primary N) is 1. The highest BCUT2D eigenvalue weighted by atomic mass is 35.5. The second-order valence-corrected chi connectivity index (χ2v) is 6.83. The van der Waals surface area contributed by atoms with Crippen LogP contribution in [0.4, 0.5) is 11.4 Å². The number of benzene rings is 2. The Labute approximate surface area is 171 Å². The van der Waals surface area contributed by atoms with Gasteiger partial charge in [0.05, 0.1) is 22.2 Å². The molecule has 2 aromatic rings. The molecule has 9 heteroatoms. The number of hydrogen-bond acceptors (Lipinski definition) is 4. The Morgan fingerprint density at radius 1 is 1.04 bits per heavy atom. The SMILES string of the molecule is NC(=O)CC[C@H](NC(=O)Cc1ccccc1Nc1c(Cl)cccc1Cl)C(=O)O. The van der Waals surface area contributed by atoms with Gasteiger partial charge in [-0.1, -0.05) is 47.5 Å². The molecule has 0 saturated carbocycles. The summed E-state index contributed by atoms with van der Waals surface area (Å²) in [5.74, 6) is -2.37. The van der Waals surface area contributed by atoms with Gasteiger partial charge in [-0.2, -0.15) is 0 Å². The fraction of sp³-hybridized carbons (Fsp3) is 0.211. The Morgan fingerprint density at radius 2 is 1.68 bits per heavy atom. The van der Waals surface area contributed by atoms with Gasteiger partial charge < -0.3 is 21.5 Å². The molecule has 0 heterocycles. The molecule has 0 aromatic heterocycles. The Morgan fingerprint density at radius 3 is 2.29 bits per heavy atom. The fourth-order valence-electron chi connectivity index (χ4n) is 2.51. The number of primary amides is 1. The fourth-order valence-corrected chi connectivity index (χ4v) is 3.00. The lowest BCUT2D eigenvalue weighted by Gasteiger charge is -2.16. The van der Waals surface area contributed by atoms with Gasteiger partial charge in [0.2, 0.25) is 11.8 Å². The smallest absolute Gasteiger partial charge is 0.326 e. The quantitative estimate of drug-likeness (QED) is 0.493. The molecule has 2 amide bonds. The van der Waals surface area contributed by atoms with Crippen molar-refractivity contribution in [2.75, 3.05) is 5.32 Å². The molecular formula is C19H19Cl2N3O4. The van der Waals surface area contributed by atoms with Crippen LogP contribution in [0.5, 0.6) is 0 Å². The standard InChI is InChI=1S/C19H19Cl2N3O4/c20-12-5-3-6-13(21)18(12)24-14-7-2-1-4-11(14)10-17(26)23-15(19(27)28)8-9-16(22)25/h1-7,15,24H,8-10H2,(H2,22,25)(H,23,26)(H,27,28)/t15-/m0/s1. The molecule has 0 unspecified atom stereocenters. The molecule has 0 saturated heterocycles. The van der Waals surface area contributed by atoms with Gasteiger partial charge in [0.25, 0.3) is 0 Å². The second-order valence-electron chi connectivity index (χ2n) is 6.02. The Kier molecular flexibility index (Phi) is 7.66. The predicted octanol–water partition coefficient (Wildman–Crippen LogP) is 3.11. The summed E-state index contributed by atoms with van der Waals surface area (Å²) in [6.07, 6.45) is -0.294. The molecule has 148 valence electrons. The minimum atomic E-state index is -1.23. The number of para-hydroxylation sites is 2. The van der Waals surface area contributed by atoms with Crippen molar-refractivity contribution in [3.8, 4) is 0 Å². The number of carbonyl (C=O) groups excluding carboxylic acids is 2. The molecule has 28 heavy (non-hydrogen) atoms. The summed E-state index contributed by atoms with van der Waals surface area (Å²) in [6.45, 7) is 0. The summed E-state index contributed by atoms with van der Waals surface area (Å²) in [4.78, 5) is 34.5. The van der Waals surface area contributed by atoms with Gasteiger partial charge >= 0.3 is 5.97 Å². The van der Waals surface area contributed by atoms with Crippen molar-refractivity contribution in [1.29, 1.82) is 0 Å². The minimum absolute atomic E-state index is 0.0778. The van der Waals surface area contributed by atoms with E-state index >= 15 is 0 Å². The first-order valence-corrected chi connectivity index (χ1v) is 9.13. The normalized spacial score (nSPS) is 11.5. The number of carboxylic acids is 1. The van der Waals surface area contributed by atoms with E-state index in [-0.39, 0.29) is 19.3 Å². The largest absolute Gasteiger partial charge is 0.480 e. The lowest BCUT2D eigenvalue weighted by molar-refractivity contribution is -0.142. The van der Waals surface area contributed by atoms with Gasteiger partial charge in [-0.05, 0) is 30.2 Å². The van der Waals surface area contributed by atoms with Crippen molar-refractivity contribution in [2.24, 2.45) is 5.73 Å². The highest BCUT2D eigenvalue weighted by molar-refractivity contribution is 6.39. The summed E-state index contributed by atoms with van der Waals surface area (Å²) in [6, 6.07) is 10.9. The summed E-state index contributed by atoms with van der Waals surface area (Å²) in [5.41, 5.74) is 6.77. The van der Waals surface area contributed by atoms with Crippen molar-refractivity contribution in [3.05, 3.63) is 58.1 Å². The molecule has 0 aliphatic carbocycles. The molecule has 2 aromatic carbocycles. The van der Waals surface area contributed by atoms with Gasteiger partial charge in [-0.25, -0.2) is 4.79 Å². The van der Waals surface area contributed by atoms with Crippen molar-refractivity contribution < 1.29 is 19.5 Å². The minimum Gasteiger partial charge on any atom is -0.480 e. The van der Waals surface area contributed by atoms with E-state index in [2.05, 4.69) is 10.6 Å². The van der Waals surface area contributed by atoms with E-state index in [1.165, 1.54) is 0 Å². The van der Waals surface area contributed by atoms with Crippen LogP contribution in [-0.2, 0) is 20.8 Å². The lowest BCUT2D eigenvalue weighted by Crippen LogP contribution is -2.42. The number of carboxylic acid groups (broad SMARTS) is 1. The van der Waals surface area contributed by atoms with E-state index < -0.39 is 23.8 Å². The molecule has 0 aliphatic heterocycles. The number of anilines is 2. The van der Waals surface area contributed by atoms with Crippen LogP contribution in [0.2, 0.25) is 10.0 Å². The third-order valence-corrected chi connectivity index (χ3v) is 4.53. The maximum absolute atomic E-state index is 12.3. The predicted molar refractivity (Wildman–Crippen MR) is 108 cm³/mol. The van der Waals surface area contributed by atoms with Gasteiger partial charge in [0.1, 0.15) is 6.04 Å². The van der Waals surface area contributed by atoms with E-state index in [1.54, 1.807) is 42.5 Å². The molecule has 0 aliphatic rings. The first-order chi connectivity index (χ1) is 13.3. The Hall–Kier alpha value is -2.77. The van der Waals surface area contributed by atoms with Crippen LogP contribution in [0.25, 0.3) is 0 Å². The van der Waals surface area contributed by atoms with Crippen LogP contribution in [0, 0.1) is 0 Å². The number of halogens is 2. The van der Waals surface area contributed by atoms with Crippen LogP contribution in [-0.4, -0.2) is 28.9 Å². The second kappa shape index (κ2) is 9.96. The number of amides is 2. The van der Waals surface area contributed by atoms with Gasteiger partial charge in [-0.15, -0.1) is 0 Å². The molecule has 0 radical (unpaired) electrons. The number of carbonyl (C=O) groups is 3. The van der Waals surface area contributed by atoms with E-state index in [1.807, 2.05) is 0 Å². The molecule has 7 nitrogen and oxygen atoms in total. The third kappa shape index (κ3) is 6.14. The topological polar surface area (TPSA) is 122 Å². The Bertz CT molecular complexity index is 869. The zero-order valence-corrected chi connectivity index (χ0v) is 16.3. The molecule has 2 rings (SSSR count). The molecule has 1 atom stereocenters. The molecule has 0 spiro atoms. The van der Waals surface area contributed by atoms with Crippen molar-refractivity contribution in [3.63, 3.8) is 0 Å².